The van der Waals surface area contributed by atoms with Crippen LogP contribution in [-0.4, -0.2) is 23.2 Å². The third-order valence-corrected chi connectivity index (χ3v) is 4.88. The summed E-state index contributed by atoms with van der Waals surface area (Å²) in [7, 11) is 0. The Balaban J connectivity index is 1.87. The van der Waals surface area contributed by atoms with Gasteiger partial charge in [-0.1, -0.05) is 16.8 Å². The Morgan fingerprint density at radius 2 is 2.44 bits per heavy atom. The zero-order valence-corrected chi connectivity index (χ0v) is 11.6. The normalized spacial score (nSPS) is 20.2. The van der Waals surface area contributed by atoms with Gasteiger partial charge in [0.2, 0.25) is 0 Å². The summed E-state index contributed by atoms with van der Waals surface area (Å²) in [6.07, 6.45) is 2.27. The van der Waals surface area contributed by atoms with Crippen LogP contribution in [0.5, 0.6) is 0 Å². The molecule has 1 aliphatic rings. The summed E-state index contributed by atoms with van der Waals surface area (Å²) in [6, 6.07) is 0. The van der Waals surface area contributed by atoms with E-state index in [1.54, 1.807) is 11.3 Å². The number of nitrogens with one attached hydrogen (secondary N) is 1. The first-order valence-electron chi connectivity index (χ1n) is 6.04. The molecule has 1 saturated heterocycles. The number of nitrogens with zero attached hydrogens (tertiary/aromatic N) is 2. The summed E-state index contributed by atoms with van der Waals surface area (Å²) in [4.78, 5) is 5.36. The molecule has 0 spiro atoms. The van der Waals surface area contributed by atoms with Crippen molar-refractivity contribution < 1.29 is 4.52 Å². The lowest BCUT2D eigenvalue weighted by atomic mass is 9.99. The van der Waals surface area contributed by atoms with E-state index in [4.69, 9.17) is 16.1 Å². The van der Waals surface area contributed by atoms with Gasteiger partial charge in [-0.2, -0.15) is 4.98 Å². The van der Waals surface area contributed by atoms with E-state index in [0.717, 1.165) is 47.2 Å². The van der Waals surface area contributed by atoms with E-state index < -0.39 is 0 Å². The van der Waals surface area contributed by atoms with Gasteiger partial charge in [0, 0.05) is 12.5 Å². The van der Waals surface area contributed by atoms with E-state index in [1.807, 2.05) is 12.3 Å². The highest BCUT2D eigenvalue weighted by Gasteiger charge is 2.22. The molecule has 0 aliphatic carbocycles. The average Bonchev–Trinajstić information content (AvgIpc) is 3.00. The van der Waals surface area contributed by atoms with Crippen LogP contribution in [0.3, 0.4) is 0 Å². The fraction of sp³-hybridized carbons (Fsp3) is 0.500. The molecule has 4 nitrogen and oxygen atoms in total. The third-order valence-electron chi connectivity index (χ3n) is 3.20. The van der Waals surface area contributed by atoms with Crippen LogP contribution in [0.1, 0.15) is 30.1 Å². The first-order chi connectivity index (χ1) is 8.75. The van der Waals surface area contributed by atoms with Crippen molar-refractivity contribution in [2.45, 2.75) is 25.7 Å². The highest BCUT2D eigenvalue weighted by molar-refractivity contribution is 7.14. The second kappa shape index (κ2) is 4.99. The van der Waals surface area contributed by atoms with Crippen molar-refractivity contribution in [3.8, 4) is 10.8 Å². The number of aryl methyl sites for hydroxylation is 1. The lowest BCUT2D eigenvalue weighted by Crippen LogP contribution is -2.28. The van der Waals surface area contributed by atoms with Gasteiger partial charge in [-0.25, -0.2) is 0 Å². The van der Waals surface area contributed by atoms with Crippen molar-refractivity contribution in [1.82, 2.24) is 15.5 Å². The molecule has 1 aliphatic heterocycles. The van der Waals surface area contributed by atoms with Gasteiger partial charge in [-0.15, -0.1) is 11.3 Å². The van der Waals surface area contributed by atoms with E-state index in [9.17, 15) is 0 Å². The Morgan fingerprint density at radius 1 is 1.56 bits per heavy atom. The van der Waals surface area contributed by atoms with Crippen LogP contribution in [-0.2, 0) is 0 Å². The van der Waals surface area contributed by atoms with Crippen LogP contribution in [0.2, 0.25) is 5.02 Å². The first-order valence-corrected chi connectivity index (χ1v) is 7.29. The van der Waals surface area contributed by atoms with Crippen LogP contribution in [0.4, 0.5) is 0 Å². The predicted molar refractivity (Wildman–Crippen MR) is 72.2 cm³/mol. The minimum Gasteiger partial charge on any atom is -0.333 e. The summed E-state index contributed by atoms with van der Waals surface area (Å²) in [6.45, 7) is 3.98. The molecule has 18 heavy (non-hydrogen) atoms. The standard InChI is InChI=1S/C12H14ClN3OS/c1-7-6-18-10(9(7)13)12-15-11(16-17-12)8-3-2-4-14-5-8/h6,8,14H,2-5H2,1H3. The molecule has 0 bridgehead atoms. The van der Waals surface area contributed by atoms with Crippen molar-refractivity contribution in [2.75, 3.05) is 13.1 Å². The highest BCUT2D eigenvalue weighted by Crippen LogP contribution is 2.36. The molecule has 1 fully saturated rings. The van der Waals surface area contributed by atoms with E-state index in [1.165, 1.54) is 0 Å². The first kappa shape index (κ1) is 12.1. The maximum Gasteiger partial charge on any atom is 0.269 e. The minimum absolute atomic E-state index is 0.357. The van der Waals surface area contributed by atoms with E-state index in [2.05, 4.69) is 15.5 Å². The molecule has 0 amide bonds. The molecule has 2 aromatic heterocycles. The zero-order chi connectivity index (χ0) is 12.5. The molecule has 0 aromatic carbocycles. The topological polar surface area (TPSA) is 51.0 Å². The molecule has 0 radical (unpaired) electrons. The monoisotopic (exact) mass is 283 g/mol. The molecule has 96 valence electrons. The summed E-state index contributed by atoms with van der Waals surface area (Å²) in [5.41, 5.74) is 1.05. The van der Waals surface area contributed by atoms with Crippen molar-refractivity contribution in [3.05, 3.63) is 21.8 Å². The SMILES string of the molecule is Cc1csc(-c2nc(C3CCCNC3)no2)c1Cl. The van der Waals surface area contributed by atoms with Crippen LogP contribution >= 0.6 is 22.9 Å². The molecule has 1 N–H and O–H groups in total. The smallest absolute Gasteiger partial charge is 0.269 e. The molecule has 1 atom stereocenters. The van der Waals surface area contributed by atoms with Crippen molar-refractivity contribution in [1.29, 1.82) is 0 Å². The molecular formula is C12H14ClN3OS. The second-order valence-electron chi connectivity index (χ2n) is 4.56. The van der Waals surface area contributed by atoms with E-state index in [-0.39, 0.29) is 0 Å². The maximum atomic E-state index is 6.21. The average molecular weight is 284 g/mol. The molecule has 3 heterocycles. The van der Waals surface area contributed by atoms with Gasteiger partial charge in [0.25, 0.3) is 5.89 Å². The summed E-state index contributed by atoms with van der Waals surface area (Å²) < 4.78 is 5.34. The third kappa shape index (κ3) is 2.18. The Morgan fingerprint density at radius 3 is 3.11 bits per heavy atom. The van der Waals surface area contributed by atoms with Crippen LogP contribution < -0.4 is 5.32 Å². The van der Waals surface area contributed by atoms with Crippen molar-refractivity contribution >= 4 is 22.9 Å². The van der Waals surface area contributed by atoms with E-state index in [0.29, 0.717) is 11.8 Å². The predicted octanol–water partition coefficient (Wildman–Crippen LogP) is 3.23. The number of thiophene rings is 1. The Bertz CT molecular complexity index is 545. The molecule has 2 aromatic rings. The fourth-order valence-electron chi connectivity index (χ4n) is 2.14. The van der Waals surface area contributed by atoms with Crippen LogP contribution in [0.15, 0.2) is 9.90 Å². The fourth-order valence-corrected chi connectivity index (χ4v) is 3.33. The van der Waals surface area contributed by atoms with Crippen molar-refractivity contribution in [2.24, 2.45) is 0 Å². The zero-order valence-electron chi connectivity index (χ0n) is 10.1. The van der Waals surface area contributed by atoms with Crippen LogP contribution in [0, 0.1) is 6.92 Å². The number of halogens is 1. The Labute approximate surface area is 114 Å². The van der Waals surface area contributed by atoms with Crippen LogP contribution in [0.25, 0.3) is 10.8 Å². The second-order valence-corrected chi connectivity index (χ2v) is 5.82. The molecule has 1 unspecified atom stereocenters. The van der Waals surface area contributed by atoms with Gasteiger partial charge in [-0.3, -0.25) is 0 Å². The summed E-state index contributed by atoms with van der Waals surface area (Å²) >= 11 is 7.75. The van der Waals surface area contributed by atoms with Crippen molar-refractivity contribution in [3.63, 3.8) is 0 Å². The highest BCUT2D eigenvalue weighted by atomic mass is 35.5. The molecule has 3 rings (SSSR count). The minimum atomic E-state index is 0.357. The lowest BCUT2D eigenvalue weighted by molar-refractivity contribution is 0.393. The Hall–Kier alpha value is -0.910. The molecule has 0 saturated carbocycles. The number of piperidine rings is 1. The van der Waals surface area contributed by atoms with Gasteiger partial charge in [0.15, 0.2) is 5.82 Å². The lowest BCUT2D eigenvalue weighted by Gasteiger charge is -2.19. The largest absolute Gasteiger partial charge is 0.333 e. The van der Waals surface area contributed by atoms with Gasteiger partial charge in [0.1, 0.15) is 4.88 Å². The number of rotatable bonds is 2. The quantitative estimate of drug-likeness (QED) is 0.919. The number of aromatic nitrogens is 2. The summed E-state index contributed by atoms with van der Waals surface area (Å²) in [5, 5.41) is 10.2. The van der Waals surface area contributed by atoms with Gasteiger partial charge >= 0.3 is 0 Å². The number of hydrogen-bond donors (Lipinski definition) is 1. The summed E-state index contributed by atoms with van der Waals surface area (Å²) in [5.74, 6) is 1.69. The maximum absolute atomic E-state index is 6.21. The van der Waals surface area contributed by atoms with Gasteiger partial charge in [-0.05, 0) is 37.3 Å². The molecular weight excluding hydrogens is 270 g/mol. The number of hydrogen-bond acceptors (Lipinski definition) is 5. The molecule has 6 heteroatoms. The van der Waals surface area contributed by atoms with E-state index >= 15 is 0 Å². The van der Waals surface area contributed by atoms with Gasteiger partial charge in [0.05, 0.1) is 5.02 Å². The Kier molecular flexibility index (Phi) is 3.37. The van der Waals surface area contributed by atoms with Gasteiger partial charge < -0.3 is 9.84 Å².